The molecule has 2 nitrogen and oxygen atoms in total. The zero-order chi connectivity index (χ0) is 6.85. The highest BCUT2D eigenvalue weighted by Crippen LogP contribution is 2.34. The Labute approximate surface area is 54.2 Å². The van der Waals surface area contributed by atoms with Crippen molar-refractivity contribution in [2.75, 3.05) is 0 Å². The molecule has 9 heavy (non-hydrogen) atoms. The van der Waals surface area contributed by atoms with Gasteiger partial charge in [0.05, 0.1) is 5.92 Å². The molecule has 0 unspecified atom stereocenters. The third kappa shape index (κ3) is 1.12. The molecule has 0 spiro atoms. The highest BCUT2D eigenvalue weighted by molar-refractivity contribution is 5.71. The van der Waals surface area contributed by atoms with Crippen LogP contribution in [0.2, 0.25) is 0 Å². The number of allylic oxidation sites excluding steroid dienone is 1. The number of aliphatic carboxylic acids is 1. The van der Waals surface area contributed by atoms with Crippen molar-refractivity contribution < 1.29 is 9.90 Å². The fourth-order valence-corrected chi connectivity index (χ4v) is 1.06. The van der Waals surface area contributed by atoms with Gasteiger partial charge < -0.3 is 5.11 Å². The maximum absolute atomic E-state index is 10.2. The summed E-state index contributed by atoms with van der Waals surface area (Å²) < 4.78 is 0. The molecule has 0 aromatic carbocycles. The van der Waals surface area contributed by atoms with Gasteiger partial charge in [0.25, 0.3) is 0 Å². The van der Waals surface area contributed by atoms with E-state index in [4.69, 9.17) is 5.11 Å². The van der Waals surface area contributed by atoms with Gasteiger partial charge in [-0.1, -0.05) is 6.08 Å². The van der Waals surface area contributed by atoms with Crippen LogP contribution in [0.5, 0.6) is 0 Å². The molecule has 0 aromatic heterocycles. The van der Waals surface area contributed by atoms with E-state index in [9.17, 15) is 4.79 Å². The van der Waals surface area contributed by atoms with Crippen molar-refractivity contribution in [2.45, 2.75) is 12.8 Å². The third-order valence-electron chi connectivity index (χ3n) is 1.86. The van der Waals surface area contributed by atoms with Crippen molar-refractivity contribution in [3.63, 3.8) is 0 Å². The van der Waals surface area contributed by atoms with Crippen molar-refractivity contribution >= 4 is 5.97 Å². The van der Waals surface area contributed by atoms with Crippen LogP contribution in [0, 0.1) is 11.8 Å². The highest BCUT2D eigenvalue weighted by atomic mass is 16.4. The molecule has 1 fully saturated rings. The Bertz CT molecular complexity index is 134. The van der Waals surface area contributed by atoms with Crippen LogP contribution in [0.3, 0.4) is 0 Å². The molecule has 1 saturated carbocycles. The SMILES string of the molecule is C=C[C@H]1C[C@H](C(=O)O)C1. The van der Waals surface area contributed by atoms with E-state index in [1.165, 1.54) is 0 Å². The van der Waals surface area contributed by atoms with E-state index in [-0.39, 0.29) is 5.92 Å². The summed E-state index contributed by atoms with van der Waals surface area (Å²) in [4.78, 5) is 10.2. The van der Waals surface area contributed by atoms with E-state index in [1.807, 2.05) is 6.08 Å². The summed E-state index contributed by atoms with van der Waals surface area (Å²) in [5.74, 6) is -0.285. The summed E-state index contributed by atoms with van der Waals surface area (Å²) in [5, 5.41) is 8.41. The normalized spacial score (nSPS) is 32.9. The topological polar surface area (TPSA) is 37.3 Å². The van der Waals surface area contributed by atoms with Crippen LogP contribution in [0.1, 0.15) is 12.8 Å². The fourth-order valence-electron chi connectivity index (χ4n) is 1.06. The van der Waals surface area contributed by atoms with Crippen LogP contribution < -0.4 is 0 Å². The first kappa shape index (κ1) is 6.33. The molecule has 0 atom stereocenters. The maximum atomic E-state index is 10.2. The monoisotopic (exact) mass is 126 g/mol. The van der Waals surface area contributed by atoms with Crippen LogP contribution in [0.25, 0.3) is 0 Å². The van der Waals surface area contributed by atoms with Crippen molar-refractivity contribution in [3.8, 4) is 0 Å². The quantitative estimate of drug-likeness (QED) is 0.566. The van der Waals surface area contributed by atoms with Crippen LogP contribution in [-0.2, 0) is 4.79 Å². The lowest BCUT2D eigenvalue weighted by Crippen LogP contribution is -2.28. The van der Waals surface area contributed by atoms with Gasteiger partial charge in [-0.3, -0.25) is 4.79 Å². The van der Waals surface area contributed by atoms with Crippen molar-refractivity contribution in [3.05, 3.63) is 12.7 Å². The zero-order valence-corrected chi connectivity index (χ0v) is 5.21. The molecule has 50 valence electrons. The molecule has 0 amide bonds. The molecule has 2 heteroatoms. The first-order valence-electron chi connectivity index (χ1n) is 3.09. The minimum Gasteiger partial charge on any atom is -0.481 e. The van der Waals surface area contributed by atoms with E-state index in [2.05, 4.69) is 6.58 Å². The molecule has 0 radical (unpaired) electrons. The van der Waals surface area contributed by atoms with Crippen molar-refractivity contribution in [2.24, 2.45) is 11.8 Å². The van der Waals surface area contributed by atoms with Gasteiger partial charge in [0.2, 0.25) is 0 Å². The highest BCUT2D eigenvalue weighted by Gasteiger charge is 2.31. The predicted octanol–water partition coefficient (Wildman–Crippen LogP) is 1.28. The van der Waals surface area contributed by atoms with E-state index in [0.29, 0.717) is 5.92 Å². The first-order chi connectivity index (χ1) is 4.24. The second-order valence-electron chi connectivity index (χ2n) is 2.50. The Morgan fingerprint density at radius 2 is 2.22 bits per heavy atom. The molecule has 1 N–H and O–H groups in total. The second kappa shape index (κ2) is 2.21. The number of carboxylic acid groups (broad SMARTS) is 1. The summed E-state index contributed by atoms with van der Waals surface area (Å²) in [7, 11) is 0. The zero-order valence-electron chi connectivity index (χ0n) is 5.21. The first-order valence-corrected chi connectivity index (χ1v) is 3.09. The third-order valence-corrected chi connectivity index (χ3v) is 1.86. The van der Waals surface area contributed by atoms with E-state index < -0.39 is 5.97 Å². The van der Waals surface area contributed by atoms with E-state index in [0.717, 1.165) is 12.8 Å². The molecule has 1 aliphatic carbocycles. The maximum Gasteiger partial charge on any atom is 0.306 e. The van der Waals surface area contributed by atoms with Crippen LogP contribution in [0.15, 0.2) is 12.7 Å². The molecule has 0 saturated heterocycles. The van der Waals surface area contributed by atoms with Gasteiger partial charge in [0.15, 0.2) is 0 Å². The molecule has 0 heterocycles. The fraction of sp³-hybridized carbons (Fsp3) is 0.571. The Morgan fingerprint density at radius 1 is 1.67 bits per heavy atom. The van der Waals surface area contributed by atoms with Gasteiger partial charge in [0.1, 0.15) is 0 Å². The number of hydrogen-bond acceptors (Lipinski definition) is 1. The van der Waals surface area contributed by atoms with Gasteiger partial charge in [-0.05, 0) is 18.8 Å². The molecular formula is C7H10O2. The Kier molecular flexibility index (Phi) is 1.56. The molecule has 1 rings (SSSR count). The summed E-state index contributed by atoms with van der Waals surface area (Å²) in [6.45, 7) is 3.58. The van der Waals surface area contributed by atoms with Crippen LogP contribution in [-0.4, -0.2) is 11.1 Å². The van der Waals surface area contributed by atoms with Gasteiger partial charge in [0, 0.05) is 0 Å². The number of hydrogen-bond donors (Lipinski definition) is 1. The van der Waals surface area contributed by atoms with Gasteiger partial charge >= 0.3 is 5.97 Å². The Balaban J connectivity index is 2.26. The summed E-state index contributed by atoms with van der Waals surface area (Å²) in [6.07, 6.45) is 3.41. The Morgan fingerprint density at radius 3 is 2.56 bits per heavy atom. The van der Waals surface area contributed by atoms with Crippen LogP contribution in [0.4, 0.5) is 0 Å². The van der Waals surface area contributed by atoms with Gasteiger partial charge in [-0.25, -0.2) is 0 Å². The van der Waals surface area contributed by atoms with E-state index >= 15 is 0 Å². The number of rotatable bonds is 2. The predicted molar refractivity (Wildman–Crippen MR) is 34.0 cm³/mol. The molecule has 0 bridgehead atoms. The molecule has 0 aromatic rings. The lowest BCUT2D eigenvalue weighted by atomic mass is 9.75. The average molecular weight is 126 g/mol. The largest absolute Gasteiger partial charge is 0.481 e. The second-order valence-corrected chi connectivity index (χ2v) is 2.50. The number of carbonyl (C=O) groups is 1. The van der Waals surface area contributed by atoms with E-state index in [1.54, 1.807) is 0 Å². The van der Waals surface area contributed by atoms with Crippen molar-refractivity contribution in [1.29, 1.82) is 0 Å². The van der Waals surface area contributed by atoms with Crippen LogP contribution >= 0.6 is 0 Å². The summed E-state index contributed by atoms with van der Waals surface area (Å²) in [6, 6.07) is 0. The summed E-state index contributed by atoms with van der Waals surface area (Å²) >= 11 is 0. The molecule has 0 aliphatic heterocycles. The molecular weight excluding hydrogens is 116 g/mol. The smallest absolute Gasteiger partial charge is 0.306 e. The van der Waals surface area contributed by atoms with Gasteiger partial charge in [-0.15, -0.1) is 6.58 Å². The minimum absolute atomic E-state index is 0.0898. The molecule has 1 aliphatic rings. The standard InChI is InChI=1S/C7H10O2/c1-2-5-3-6(4-5)7(8)9/h2,5-6H,1,3-4H2,(H,8,9)/t5-,6-. The average Bonchev–Trinajstić information content (AvgIpc) is 1.61. The van der Waals surface area contributed by atoms with Gasteiger partial charge in [-0.2, -0.15) is 0 Å². The minimum atomic E-state index is -0.659. The van der Waals surface area contributed by atoms with Crippen molar-refractivity contribution in [1.82, 2.24) is 0 Å². The number of carboxylic acids is 1. The lowest BCUT2D eigenvalue weighted by Gasteiger charge is -2.29. The lowest BCUT2D eigenvalue weighted by molar-refractivity contribution is -0.145. The Hall–Kier alpha value is -0.790. The summed E-state index contributed by atoms with van der Waals surface area (Å²) in [5.41, 5.74) is 0.